The van der Waals surface area contributed by atoms with Crippen LogP contribution in [0.4, 0.5) is 13.2 Å². The molecule has 3 aromatic carbocycles. The van der Waals surface area contributed by atoms with Crippen LogP contribution < -0.4 is 9.47 Å². The van der Waals surface area contributed by atoms with Gasteiger partial charge in [0.15, 0.2) is 0 Å². The molecule has 0 heterocycles. The average molecular weight is 431 g/mol. The number of alkyl halides is 3. The third-order valence-corrected chi connectivity index (χ3v) is 4.25. The molecule has 0 aliphatic rings. The van der Waals surface area contributed by atoms with E-state index < -0.39 is 6.36 Å². The van der Waals surface area contributed by atoms with Crippen molar-refractivity contribution in [3.8, 4) is 17.2 Å². The Labute approximate surface area is 177 Å². The molecule has 0 aromatic heterocycles. The summed E-state index contributed by atoms with van der Waals surface area (Å²) in [7, 11) is 0. The summed E-state index contributed by atoms with van der Waals surface area (Å²) in [6.45, 7) is 1.79. The minimum absolute atomic E-state index is 0.261. The maximum absolute atomic E-state index is 12.8. The van der Waals surface area contributed by atoms with Crippen molar-refractivity contribution in [2.75, 3.05) is 0 Å². The molecule has 2 nitrogen and oxygen atoms in total. The molecule has 0 unspecified atom stereocenters. The molecule has 0 saturated carbocycles. The lowest BCUT2D eigenvalue weighted by Gasteiger charge is -2.14. The van der Waals surface area contributed by atoms with Gasteiger partial charge in [0.25, 0.3) is 0 Å². The second-order valence-electron chi connectivity index (χ2n) is 6.27. The van der Waals surface area contributed by atoms with E-state index in [0.717, 1.165) is 5.56 Å². The van der Waals surface area contributed by atoms with Crippen molar-refractivity contribution in [3.05, 3.63) is 101 Å². The molecule has 6 heteroatoms. The van der Waals surface area contributed by atoms with E-state index in [-0.39, 0.29) is 5.75 Å². The monoisotopic (exact) mass is 430 g/mol. The van der Waals surface area contributed by atoms with Crippen LogP contribution in [-0.4, -0.2) is 6.36 Å². The molecule has 0 N–H and O–H groups in total. The highest BCUT2D eigenvalue weighted by atomic mass is 35.5. The molecule has 0 aliphatic heterocycles. The van der Waals surface area contributed by atoms with Gasteiger partial charge in [-0.15, -0.1) is 13.2 Å². The molecule has 30 heavy (non-hydrogen) atoms. The normalized spacial score (nSPS) is 12.2. The number of allylic oxidation sites excluding steroid dienone is 3. The van der Waals surface area contributed by atoms with Gasteiger partial charge in [0.2, 0.25) is 0 Å². The van der Waals surface area contributed by atoms with Crippen molar-refractivity contribution in [1.82, 2.24) is 0 Å². The SMILES string of the molecule is CC=CC(=Cc1cccc(Oc2ccc(Cl)cc2)c1)c1ccccc1OC(F)(F)F. The highest BCUT2D eigenvalue weighted by Gasteiger charge is 2.32. The minimum atomic E-state index is -4.77. The van der Waals surface area contributed by atoms with Gasteiger partial charge >= 0.3 is 6.36 Å². The molecule has 3 aromatic rings. The summed E-state index contributed by atoms with van der Waals surface area (Å²) in [5, 5.41) is 0.606. The molecule has 0 aliphatic carbocycles. The second-order valence-corrected chi connectivity index (χ2v) is 6.71. The first-order chi connectivity index (χ1) is 14.3. The number of hydrogen-bond acceptors (Lipinski definition) is 2. The fourth-order valence-corrected chi connectivity index (χ4v) is 2.93. The maximum atomic E-state index is 12.8. The van der Waals surface area contributed by atoms with Crippen LogP contribution in [0.15, 0.2) is 84.9 Å². The second kappa shape index (κ2) is 9.55. The highest BCUT2D eigenvalue weighted by molar-refractivity contribution is 6.30. The van der Waals surface area contributed by atoms with E-state index in [1.54, 1.807) is 73.7 Å². The summed E-state index contributed by atoms with van der Waals surface area (Å²) in [6, 6.07) is 20.2. The quantitative estimate of drug-likeness (QED) is 0.290. The summed E-state index contributed by atoms with van der Waals surface area (Å²) < 4.78 is 48.4. The number of ether oxygens (including phenoxy) is 2. The zero-order valence-corrected chi connectivity index (χ0v) is 16.7. The van der Waals surface area contributed by atoms with E-state index in [4.69, 9.17) is 16.3 Å². The molecule has 0 spiro atoms. The Kier molecular flexibility index (Phi) is 6.85. The third-order valence-electron chi connectivity index (χ3n) is 4.00. The molecule has 0 fully saturated rings. The van der Waals surface area contributed by atoms with Gasteiger partial charge in [-0.1, -0.05) is 54.1 Å². The Morgan fingerprint density at radius 1 is 0.900 bits per heavy atom. The van der Waals surface area contributed by atoms with Crippen LogP contribution >= 0.6 is 11.6 Å². The number of halogens is 4. The van der Waals surface area contributed by atoms with Gasteiger partial charge in [-0.2, -0.15) is 0 Å². The summed E-state index contributed by atoms with van der Waals surface area (Å²) in [5.74, 6) is 0.951. The van der Waals surface area contributed by atoms with Crippen molar-refractivity contribution in [2.45, 2.75) is 13.3 Å². The van der Waals surface area contributed by atoms with Gasteiger partial charge in [-0.05, 0) is 66.6 Å². The summed E-state index contributed by atoms with van der Waals surface area (Å²) in [4.78, 5) is 0. The molecular formula is C24H18ClF3O2. The first-order valence-electron chi connectivity index (χ1n) is 9.07. The van der Waals surface area contributed by atoms with Crippen molar-refractivity contribution in [3.63, 3.8) is 0 Å². The van der Waals surface area contributed by atoms with Crippen LogP contribution in [0.5, 0.6) is 17.2 Å². The van der Waals surface area contributed by atoms with Gasteiger partial charge in [-0.25, -0.2) is 0 Å². The zero-order valence-electron chi connectivity index (χ0n) is 16.0. The Bertz CT molecular complexity index is 1050. The topological polar surface area (TPSA) is 18.5 Å². The Hall–Kier alpha value is -3.18. The van der Waals surface area contributed by atoms with Crippen molar-refractivity contribution >= 4 is 23.3 Å². The van der Waals surface area contributed by atoms with Crippen molar-refractivity contribution in [1.29, 1.82) is 0 Å². The maximum Gasteiger partial charge on any atom is 0.573 e. The fourth-order valence-electron chi connectivity index (χ4n) is 2.80. The highest BCUT2D eigenvalue weighted by Crippen LogP contribution is 2.33. The van der Waals surface area contributed by atoms with Crippen LogP contribution in [0, 0.1) is 0 Å². The average Bonchev–Trinajstić information content (AvgIpc) is 2.69. The Balaban J connectivity index is 1.94. The van der Waals surface area contributed by atoms with E-state index >= 15 is 0 Å². The van der Waals surface area contributed by atoms with Crippen LogP contribution in [0.25, 0.3) is 11.6 Å². The van der Waals surface area contributed by atoms with Crippen molar-refractivity contribution in [2.24, 2.45) is 0 Å². The van der Waals surface area contributed by atoms with Gasteiger partial charge in [0, 0.05) is 10.6 Å². The minimum Gasteiger partial charge on any atom is -0.457 e. The van der Waals surface area contributed by atoms with Crippen molar-refractivity contribution < 1.29 is 22.6 Å². The number of benzene rings is 3. The molecule has 0 amide bonds. The van der Waals surface area contributed by atoms with E-state index in [1.165, 1.54) is 12.1 Å². The van der Waals surface area contributed by atoms with E-state index in [9.17, 15) is 13.2 Å². The van der Waals surface area contributed by atoms with E-state index in [1.807, 2.05) is 12.1 Å². The van der Waals surface area contributed by atoms with E-state index in [0.29, 0.717) is 27.7 Å². The van der Waals surface area contributed by atoms with Gasteiger partial charge in [-0.3, -0.25) is 0 Å². The fraction of sp³-hybridized carbons (Fsp3) is 0.0833. The molecule has 0 atom stereocenters. The van der Waals surface area contributed by atoms with E-state index in [2.05, 4.69) is 4.74 Å². The van der Waals surface area contributed by atoms with Crippen LogP contribution in [0.2, 0.25) is 5.02 Å². The molecule has 0 saturated heterocycles. The molecule has 3 rings (SSSR count). The predicted octanol–water partition coefficient (Wildman–Crippen LogP) is 8.15. The summed E-state index contributed by atoms with van der Waals surface area (Å²) >= 11 is 5.89. The third kappa shape index (κ3) is 6.16. The summed E-state index contributed by atoms with van der Waals surface area (Å²) in [5.41, 5.74) is 1.66. The zero-order chi connectivity index (χ0) is 21.6. The molecular weight excluding hydrogens is 413 g/mol. The van der Waals surface area contributed by atoms with Gasteiger partial charge in [0.1, 0.15) is 17.2 Å². The van der Waals surface area contributed by atoms with Gasteiger partial charge in [0.05, 0.1) is 0 Å². The van der Waals surface area contributed by atoms with Gasteiger partial charge < -0.3 is 9.47 Å². The molecule has 154 valence electrons. The van der Waals surface area contributed by atoms with Crippen LogP contribution in [0.3, 0.4) is 0 Å². The summed E-state index contributed by atoms with van der Waals surface area (Å²) in [6.07, 6.45) is 0.478. The first kappa shape index (κ1) is 21.5. The number of hydrogen-bond donors (Lipinski definition) is 0. The number of rotatable bonds is 6. The molecule has 0 bridgehead atoms. The predicted molar refractivity (Wildman–Crippen MR) is 114 cm³/mol. The Morgan fingerprint density at radius 2 is 1.63 bits per heavy atom. The lowest BCUT2D eigenvalue weighted by Crippen LogP contribution is -2.17. The lowest BCUT2D eigenvalue weighted by atomic mass is 10.0. The number of para-hydroxylation sites is 1. The Morgan fingerprint density at radius 3 is 2.33 bits per heavy atom. The molecule has 0 radical (unpaired) electrons. The smallest absolute Gasteiger partial charge is 0.457 e. The van der Waals surface area contributed by atoms with Crippen LogP contribution in [0.1, 0.15) is 18.1 Å². The van der Waals surface area contributed by atoms with Crippen LogP contribution in [-0.2, 0) is 0 Å². The first-order valence-corrected chi connectivity index (χ1v) is 9.45. The largest absolute Gasteiger partial charge is 0.573 e. The standard InChI is InChI=1S/C24H18ClF3O2/c1-2-6-18(22-9-3-4-10-23(22)30-24(26,27)28)15-17-7-5-8-21(16-17)29-20-13-11-19(25)12-14-20/h2-16H,1H3. The lowest BCUT2D eigenvalue weighted by molar-refractivity contribution is -0.274.